The maximum Gasteiger partial charge on any atom is 0.334 e. The molecule has 0 aliphatic carbocycles. The van der Waals surface area contributed by atoms with E-state index in [2.05, 4.69) is 6.58 Å². The number of hydrogen-bond donors (Lipinski definition) is 3. The molecular formula is C9H12O6. The Morgan fingerprint density at radius 3 is 2.73 bits per heavy atom. The van der Waals surface area contributed by atoms with E-state index in [1.54, 1.807) is 0 Å². The van der Waals surface area contributed by atoms with Crippen molar-refractivity contribution in [2.24, 2.45) is 0 Å². The van der Waals surface area contributed by atoms with Crippen LogP contribution in [-0.2, 0) is 14.3 Å². The van der Waals surface area contributed by atoms with Crippen molar-refractivity contribution in [2.45, 2.75) is 23.9 Å². The summed E-state index contributed by atoms with van der Waals surface area (Å²) in [4.78, 5) is 10.7. The van der Waals surface area contributed by atoms with Gasteiger partial charge in [-0.05, 0) is 0 Å². The lowest BCUT2D eigenvalue weighted by Gasteiger charge is -2.26. The lowest BCUT2D eigenvalue weighted by Crippen LogP contribution is -2.47. The first kappa shape index (κ1) is 10.6. The molecule has 0 aromatic carbocycles. The van der Waals surface area contributed by atoms with E-state index in [-0.39, 0.29) is 18.8 Å². The van der Waals surface area contributed by atoms with E-state index in [1.807, 2.05) is 0 Å². The predicted octanol–water partition coefficient (Wildman–Crippen LogP) is -1.48. The van der Waals surface area contributed by atoms with Crippen LogP contribution in [-0.4, -0.2) is 58.4 Å². The molecule has 2 fully saturated rings. The number of hydrogen-bond acceptors (Lipinski definition) is 5. The Bertz CT molecular complexity index is 314. The summed E-state index contributed by atoms with van der Waals surface area (Å²) in [5.74, 6) is -1.30. The van der Waals surface area contributed by atoms with Gasteiger partial charge in [0.05, 0.1) is 18.8 Å². The summed E-state index contributed by atoms with van der Waals surface area (Å²) in [6.07, 6.45) is -2.35. The van der Waals surface area contributed by atoms with Crippen molar-refractivity contribution in [1.29, 1.82) is 0 Å². The first-order valence-corrected chi connectivity index (χ1v) is 4.53. The molecule has 0 amide bonds. The van der Waals surface area contributed by atoms with Gasteiger partial charge in [-0.2, -0.15) is 0 Å². The van der Waals surface area contributed by atoms with E-state index in [4.69, 9.17) is 14.6 Å². The second-order valence-electron chi connectivity index (χ2n) is 3.80. The maximum atomic E-state index is 10.7. The van der Waals surface area contributed by atoms with Crippen molar-refractivity contribution in [3.8, 4) is 0 Å². The molecule has 0 saturated carbocycles. The van der Waals surface area contributed by atoms with Crippen LogP contribution in [0.4, 0.5) is 0 Å². The summed E-state index contributed by atoms with van der Waals surface area (Å²) in [6.45, 7) is 3.12. The zero-order valence-electron chi connectivity index (χ0n) is 7.92. The number of fused-ring (bicyclic) bond motifs is 1. The Morgan fingerprint density at radius 2 is 2.13 bits per heavy atom. The number of aliphatic hydroxyl groups is 2. The zero-order valence-corrected chi connectivity index (χ0v) is 7.92. The van der Waals surface area contributed by atoms with Gasteiger partial charge < -0.3 is 24.8 Å². The van der Waals surface area contributed by atoms with E-state index in [1.165, 1.54) is 0 Å². The molecule has 0 unspecified atom stereocenters. The van der Waals surface area contributed by atoms with Gasteiger partial charge >= 0.3 is 5.97 Å². The Morgan fingerprint density at radius 1 is 1.47 bits per heavy atom. The summed E-state index contributed by atoms with van der Waals surface area (Å²) in [7, 11) is 0. The minimum atomic E-state index is -1.74. The highest BCUT2D eigenvalue weighted by Crippen LogP contribution is 2.38. The second-order valence-corrected chi connectivity index (χ2v) is 3.80. The molecule has 6 nitrogen and oxygen atoms in total. The van der Waals surface area contributed by atoms with E-state index >= 15 is 0 Å². The standard InChI is InChI=1S/C9H12O6/c1-4(8(11)12)9(13)3-15-6-5(10)2-14-7(6)9/h5-7,10,13H,1-3H2,(H,11,12)/t5-,6+,7-,9+/m0/s1. The molecule has 84 valence electrons. The van der Waals surface area contributed by atoms with Gasteiger partial charge in [0.2, 0.25) is 0 Å². The number of carbonyl (C=O) groups is 1. The first-order valence-electron chi connectivity index (χ1n) is 4.53. The third-order valence-corrected chi connectivity index (χ3v) is 2.87. The molecule has 2 aliphatic rings. The van der Waals surface area contributed by atoms with Crippen LogP contribution in [0.5, 0.6) is 0 Å². The second kappa shape index (κ2) is 3.28. The zero-order chi connectivity index (χ0) is 11.2. The van der Waals surface area contributed by atoms with Gasteiger partial charge in [0.1, 0.15) is 23.9 Å². The molecule has 0 bridgehead atoms. The van der Waals surface area contributed by atoms with Crippen LogP contribution < -0.4 is 0 Å². The summed E-state index contributed by atoms with van der Waals surface area (Å²) in [5.41, 5.74) is -2.11. The monoisotopic (exact) mass is 216 g/mol. The lowest BCUT2D eigenvalue weighted by atomic mass is 9.89. The van der Waals surface area contributed by atoms with Crippen LogP contribution in [0.25, 0.3) is 0 Å². The van der Waals surface area contributed by atoms with Gasteiger partial charge in [-0.15, -0.1) is 0 Å². The Balaban J connectivity index is 2.24. The average Bonchev–Trinajstić information content (AvgIpc) is 2.70. The number of carboxylic acid groups (broad SMARTS) is 1. The quantitative estimate of drug-likeness (QED) is 0.487. The molecule has 0 radical (unpaired) electrons. The molecule has 15 heavy (non-hydrogen) atoms. The lowest BCUT2D eigenvalue weighted by molar-refractivity contribution is -0.137. The third-order valence-electron chi connectivity index (χ3n) is 2.87. The molecule has 2 rings (SSSR count). The SMILES string of the molecule is C=C(C(=O)O)[C@]1(O)CO[C@@H]2[C@@H](O)CO[C@@H]21. The molecule has 2 saturated heterocycles. The molecule has 0 spiro atoms. The van der Waals surface area contributed by atoms with Gasteiger partial charge in [-0.25, -0.2) is 4.79 Å². The Kier molecular flexibility index (Phi) is 2.31. The highest BCUT2D eigenvalue weighted by atomic mass is 16.6. The van der Waals surface area contributed by atoms with Crippen molar-refractivity contribution in [2.75, 3.05) is 13.2 Å². The predicted molar refractivity (Wildman–Crippen MR) is 47.2 cm³/mol. The Hall–Kier alpha value is -0.950. The van der Waals surface area contributed by atoms with Gasteiger partial charge in [-0.3, -0.25) is 0 Å². The van der Waals surface area contributed by atoms with E-state index < -0.39 is 29.9 Å². The van der Waals surface area contributed by atoms with Crippen LogP contribution in [0.1, 0.15) is 0 Å². The highest BCUT2D eigenvalue weighted by molar-refractivity contribution is 5.88. The van der Waals surface area contributed by atoms with E-state index in [0.717, 1.165) is 0 Å². The number of ether oxygens (including phenoxy) is 2. The van der Waals surface area contributed by atoms with Crippen LogP contribution in [0.15, 0.2) is 12.2 Å². The van der Waals surface area contributed by atoms with E-state index in [9.17, 15) is 15.0 Å². The van der Waals surface area contributed by atoms with Crippen molar-refractivity contribution in [1.82, 2.24) is 0 Å². The molecule has 4 atom stereocenters. The van der Waals surface area contributed by atoms with Gasteiger partial charge in [0.25, 0.3) is 0 Å². The van der Waals surface area contributed by atoms with Crippen molar-refractivity contribution < 1.29 is 29.6 Å². The first-order chi connectivity index (χ1) is 6.97. The number of rotatable bonds is 2. The largest absolute Gasteiger partial charge is 0.478 e. The minimum absolute atomic E-state index is 0.0323. The van der Waals surface area contributed by atoms with Crippen molar-refractivity contribution >= 4 is 5.97 Å². The normalized spacial score (nSPS) is 44.0. The summed E-state index contributed by atoms with van der Waals surface area (Å²) in [5, 5.41) is 28.3. The molecule has 3 N–H and O–H groups in total. The summed E-state index contributed by atoms with van der Waals surface area (Å²) in [6, 6.07) is 0. The fraction of sp³-hybridized carbons (Fsp3) is 0.667. The third kappa shape index (κ3) is 1.37. The topological polar surface area (TPSA) is 96.2 Å². The highest BCUT2D eigenvalue weighted by Gasteiger charge is 2.58. The van der Waals surface area contributed by atoms with Gasteiger partial charge in [-0.1, -0.05) is 6.58 Å². The van der Waals surface area contributed by atoms with Crippen LogP contribution in [0.2, 0.25) is 0 Å². The maximum absolute atomic E-state index is 10.7. The Labute approximate surface area is 85.7 Å². The van der Waals surface area contributed by atoms with E-state index in [0.29, 0.717) is 0 Å². The van der Waals surface area contributed by atoms with Crippen LogP contribution >= 0.6 is 0 Å². The fourth-order valence-corrected chi connectivity index (χ4v) is 1.95. The summed E-state index contributed by atoms with van der Waals surface area (Å²) >= 11 is 0. The molecule has 0 aromatic rings. The number of aliphatic carboxylic acids is 1. The van der Waals surface area contributed by atoms with Crippen molar-refractivity contribution in [3.63, 3.8) is 0 Å². The average molecular weight is 216 g/mol. The molecule has 6 heteroatoms. The molecular weight excluding hydrogens is 204 g/mol. The fourth-order valence-electron chi connectivity index (χ4n) is 1.95. The summed E-state index contributed by atoms with van der Waals surface area (Å²) < 4.78 is 10.3. The number of aliphatic hydroxyl groups excluding tert-OH is 1. The van der Waals surface area contributed by atoms with Gasteiger partial charge in [0, 0.05) is 0 Å². The van der Waals surface area contributed by atoms with Crippen LogP contribution in [0.3, 0.4) is 0 Å². The molecule has 0 aromatic heterocycles. The van der Waals surface area contributed by atoms with Gasteiger partial charge in [0.15, 0.2) is 0 Å². The molecule has 2 heterocycles. The minimum Gasteiger partial charge on any atom is -0.478 e. The molecule has 2 aliphatic heterocycles. The van der Waals surface area contributed by atoms with Crippen molar-refractivity contribution in [3.05, 3.63) is 12.2 Å². The number of carboxylic acids is 1. The smallest absolute Gasteiger partial charge is 0.334 e. The van der Waals surface area contributed by atoms with Crippen LogP contribution in [0, 0.1) is 0 Å².